The van der Waals surface area contributed by atoms with Gasteiger partial charge in [-0.1, -0.05) is 30.7 Å². The minimum Gasteiger partial charge on any atom is -0.486 e. The molecule has 5 nitrogen and oxygen atoms in total. The maximum absolute atomic E-state index is 13.2. The first-order chi connectivity index (χ1) is 12.6. The maximum Gasteiger partial charge on any atom is 0.258 e. The van der Waals surface area contributed by atoms with Crippen LogP contribution in [-0.4, -0.2) is 30.1 Å². The summed E-state index contributed by atoms with van der Waals surface area (Å²) >= 11 is 6.43. The Morgan fingerprint density at radius 3 is 2.85 bits per heavy atom. The molecule has 6 heteroatoms. The molecule has 0 fully saturated rings. The number of hydrogen-bond acceptors (Lipinski definition) is 4. The Morgan fingerprint density at radius 2 is 2.04 bits per heavy atom. The molecule has 136 valence electrons. The lowest BCUT2D eigenvalue weighted by atomic mass is 10.0. The molecule has 0 bridgehead atoms. The molecule has 2 aromatic carbocycles. The van der Waals surface area contributed by atoms with E-state index in [1.165, 1.54) is 0 Å². The van der Waals surface area contributed by atoms with Crippen molar-refractivity contribution >= 4 is 23.2 Å². The van der Waals surface area contributed by atoms with Crippen LogP contribution in [0.5, 0.6) is 11.5 Å². The van der Waals surface area contributed by atoms with Crippen molar-refractivity contribution in [1.82, 2.24) is 4.90 Å². The summed E-state index contributed by atoms with van der Waals surface area (Å²) in [4.78, 5) is 15.1. The first kappa shape index (κ1) is 17.0. The van der Waals surface area contributed by atoms with Crippen LogP contribution < -0.4 is 14.8 Å². The summed E-state index contributed by atoms with van der Waals surface area (Å²) in [5.74, 6) is 1.21. The van der Waals surface area contributed by atoms with Crippen molar-refractivity contribution < 1.29 is 14.3 Å². The summed E-state index contributed by atoms with van der Waals surface area (Å²) in [5, 5.41) is 3.99. The van der Waals surface area contributed by atoms with E-state index in [2.05, 4.69) is 19.2 Å². The second-order valence-corrected chi connectivity index (χ2v) is 7.00. The average Bonchev–Trinajstić information content (AvgIpc) is 2.67. The minimum absolute atomic E-state index is 0.0183. The number of anilines is 1. The third kappa shape index (κ3) is 2.76. The van der Waals surface area contributed by atoms with Gasteiger partial charge in [0.25, 0.3) is 5.91 Å². The van der Waals surface area contributed by atoms with Crippen molar-refractivity contribution in [2.24, 2.45) is 0 Å². The van der Waals surface area contributed by atoms with E-state index < -0.39 is 0 Å². The van der Waals surface area contributed by atoms with Gasteiger partial charge in [-0.05, 0) is 37.6 Å². The predicted octanol–water partition coefficient (Wildman–Crippen LogP) is 4.48. The number of carbonyl (C=O) groups is 1. The molecule has 4 rings (SSSR count). The molecule has 2 aromatic rings. The van der Waals surface area contributed by atoms with Gasteiger partial charge in [-0.2, -0.15) is 0 Å². The maximum atomic E-state index is 13.2. The zero-order valence-electron chi connectivity index (χ0n) is 14.8. The summed E-state index contributed by atoms with van der Waals surface area (Å²) in [6.45, 7) is 5.10. The highest BCUT2D eigenvalue weighted by Crippen LogP contribution is 2.42. The average molecular weight is 373 g/mol. The van der Waals surface area contributed by atoms with Gasteiger partial charge >= 0.3 is 0 Å². The van der Waals surface area contributed by atoms with E-state index in [-0.39, 0.29) is 18.1 Å². The zero-order chi connectivity index (χ0) is 18.3. The molecule has 0 aromatic heterocycles. The molecule has 2 aliphatic rings. The molecule has 0 radical (unpaired) electrons. The van der Waals surface area contributed by atoms with Crippen LogP contribution >= 0.6 is 11.6 Å². The van der Waals surface area contributed by atoms with E-state index in [1.807, 2.05) is 41.3 Å². The Labute approximate surface area is 157 Å². The highest BCUT2D eigenvalue weighted by molar-refractivity contribution is 6.32. The standard InChI is InChI=1S/C20H21ClN2O3/c1-3-12(2)23-19(22-16-7-5-4-6-14(16)20(23)24)13-10-15(21)18-17(11-13)25-8-9-26-18/h4-7,10-12,19,22H,3,8-9H2,1-2H3/t12-,19+/m0/s1. The Hall–Kier alpha value is -2.40. The van der Waals surface area contributed by atoms with Gasteiger partial charge in [0.2, 0.25) is 0 Å². The summed E-state index contributed by atoms with van der Waals surface area (Å²) in [7, 11) is 0. The number of carbonyl (C=O) groups excluding carboxylic acids is 1. The molecular weight excluding hydrogens is 352 g/mol. The van der Waals surface area contributed by atoms with Crippen molar-refractivity contribution in [3.63, 3.8) is 0 Å². The summed E-state index contributed by atoms with van der Waals surface area (Å²) in [6.07, 6.45) is 0.533. The number of rotatable bonds is 3. The van der Waals surface area contributed by atoms with Gasteiger partial charge in [-0.3, -0.25) is 4.79 Å². The van der Waals surface area contributed by atoms with Gasteiger partial charge < -0.3 is 19.7 Å². The molecule has 0 saturated carbocycles. The quantitative estimate of drug-likeness (QED) is 0.863. The molecule has 0 spiro atoms. The van der Waals surface area contributed by atoms with Gasteiger partial charge in [-0.15, -0.1) is 0 Å². The van der Waals surface area contributed by atoms with Crippen LogP contribution in [0.1, 0.15) is 42.4 Å². The van der Waals surface area contributed by atoms with Gasteiger partial charge in [0.05, 0.1) is 10.6 Å². The Balaban J connectivity index is 1.81. The molecule has 1 amide bonds. The van der Waals surface area contributed by atoms with E-state index in [0.29, 0.717) is 35.3 Å². The van der Waals surface area contributed by atoms with Crippen LogP contribution in [0.2, 0.25) is 5.02 Å². The van der Waals surface area contributed by atoms with Crippen molar-refractivity contribution in [2.45, 2.75) is 32.5 Å². The summed E-state index contributed by atoms with van der Waals surface area (Å²) in [5.41, 5.74) is 2.39. The molecule has 2 heterocycles. The highest BCUT2D eigenvalue weighted by Gasteiger charge is 2.36. The summed E-state index contributed by atoms with van der Waals surface area (Å²) in [6, 6.07) is 11.4. The van der Waals surface area contributed by atoms with Crippen molar-refractivity contribution in [3.05, 3.63) is 52.5 Å². The molecule has 0 unspecified atom stereocenters. The highest BCUT2D eigenvalue weighted by atomic mass is 35.5. The van der Waals surface area contributed by atoms with Crippen LogP contribution in [-0.2, 0) is 0 Å². The van der Waals surface area contributed by atoms with Crippen molar-refractivity contribution in [1.29, 1.82) is 0 Å². The fraction of sp³-hybridized carbons (Fsp3) is 0.350. The van der Waals surface area contributed by atoms with Crippen LogP contribution in [0.4, 0.5) is 5.69 Å². The van der Waals surface area contributed by atoms with Crippen LogP contribution in [0.15, 0.2) is 36.4 Å². The number of ether oxygens (including phenoxy) is 2. The molecular formula is C20H21ClN2O3. The first-order valence-corrected chi connectivity index (χ1v) is 9.25. The lowest BCUT2D eigenvalue weighted by Gasteiger charge is -2.41. The summed E-state index contributed by atoms with van der Waals surface area (Å²) < 4.78 is 11.3. The fourth-order valence-electron chi connectivity index (χ4n) is 3.45. The van der Waals surface area contributed by atoms with E-state index in [0.717, 1.165) is 17.7 Å². The second kappa shape index (κ2) is 6.72. The predicted molar refractivity (Wildman–Crippen MR) is 101 cm³/mol. The zero-order valence-corrected chi connectivity index (χ0v) is 15.5. The largest absolute Gasteiger partial charge is 0.486 e. The number of halogens is 1. The van der Waals surface area contributed by atoms with Gasteiger partial charge in [0.15, 0.2) is 11.5 Å². The normalized spacial score (nSPS) is 19.6. The molecule has 1 N–H and O–H groups in total. The lowest BCUT2D eigenvalue weighted by Crippen LogP contribution is -2.47. The van der Waals surface area contributed by atoms with Gasteiger partial charge in [0, 0.05) is 17.3 Å². The third-order valence-corrected chi connectivity index (χ3v) is 5.24. The van der Waals surface area contributed by atoms with Crippen LogP contribution in [0.3, 0.4) is 0 Å². The third-order valence-electron chi connectivity index (χ3n) is 4.96. The Kier molecular flexibility index (Phi) is 4.41. The Morgan fingerprint density at radius 1 is 1.27 bits per heavy atom. The number of nitrogens with one attached hydrogen (secondary N) is 1. The van der Waals surface area contributed by atoms with Crippen molar-refractivity contribution in [3.8, 4) is 11.5 Å². The van der Waals surface area contributed by atoms with E-state index in [1.54, 1.807) is 0 Å². The lowest BCUT2D eigenvalue weighted by molar-refractivity contribution is 0.0593. The number of hydrogen-bond donors (Lipinski definition) is 1. The topological polar surface area (TPSA) is 50.8 Å². The number of amides is 1. The number of nitrogens with zero attached hydrogens (tertiary/aromatic N) is 1. The van der Waals surface area contributed by atoms with E-state index in [9.17, 15) is 4.79 Å². The first-order valence-electron chi connectivity index (χ1n) is 8.87. The van der Waals surface area contributed by atoms with Crippen LogP contribution in [0, 0.1) is 0 Å². The van der Waals surface area contributed by atoms with Gasteiger partial charge in [-0.25, -0.2) is 0 Å². The fourth-order valence-corrected chi connectivity index (χ4v) is 3.73. The molecule has 0 saturated heterocycles. The number of para-hydroxylation sites is 1. The number of fused-ring (bicyclic) bond motifs is 2. The SMILES string of the molecule is CC[C@H](C)N1C(=O)c2ccccc2N[C@H]1c1cc(Cl)c2c(c1)OCCO2. The minimum atomic E-state index is -0.319. The molecule has 26 heavy (non-hydrogen) atoms. The molecule has 2 atom stereocenters. The monoisotopic (exact) mass is 372 g/mol. The second-order valence-electron chi connectivity index (χ2n) is 6.59. The molecule has 0 aliphatic carbocycles. The van der Waals surface area contributed by atoms with Crippen LogP contribution in [0.25, 0.3) is 0 Å². The van der Waals surface area contributed by atoms with E-state index >= 15 is 0 Å². The number of benzene rings is 2. The molecule has 2 aliphatic heterocycles. The van der Waals surface area contributed by atoms with Crippen molar-refractivity contribution in [2.75, 3.05) is 18.5 Å². The van der Waals surface area contributed by atoms with E-state index in [4.69, 9.17) is 21.1 Å². The Bertz CT molecular complexity index is 855. The van der Waals surface area contributed by atoms with Gasteiger partial charge in [0.1, 0.15) is 19.4 Å². The smallest absolute Gasteiger partial charge is 0.258 e.